The molecule has 103 valence electrons. The summed E-state index contributed by atoms with van der Waals surface area (Å²) in [6.45, 7) is 9.12. The van der Waals surface area contributed by atoms with Crippen molar-refractivity contribution in [3.8, 4) is 0 Å². The van der Waals surface area contributed by atoms with Gasteiger partial charge in [0.1, 0.15) is 0 Å². The summed E-state index contributed by atoms with van der Waals surface area (Å²) in [7, 11) is 0. The van der Waals surface area contributed by atoms with Crippen molar-refractivity contribution in [2.45, 2.75) is 39.4 Å². The third kappa shape index (κ3) is 2.97. The SMILES string of the molecule is CC(C)(C)N1Cc2cccc[c]2[Bi][c]2ccccc2C1. The summed E-state index contributed by atoms with van der Waals surface area (Å²) < 4.78 is 3.29. The molecule has 20 heavy (non-hydrogen) atoms. The Bertz CT molecular complexity index is 565. The average Bonchev–Trinajstić information content (AvgIpc) is 2.37. The maximum absolute atomic E-state index is 2.60. The summed E-state index contributed by atoms with van der Waals surface area (Å²) in [5, 5.41) is 0. The van der Waals surface area contributed by atoms with Crippen LogP contribution in [0.1, 0.15) is 31.9 Å². The van der Waals surface area contributed by atoms with Crippen LogP contribution in [-0.2, 0) is 13.1 Å². The van der Waals surface area contributed by atoms with E-state index in [9.17, 15) is 0 Å². The molecule has 0 bridgehead atoms. The molecule has 1 aliphatic rings. The Morgan fingerprint density at radius 2 is 1.25 bits per heavy atom. The molecule has 1 heterocycles. The van der Waals surface area contributed by atoms with Gasteiger partial charge in [0, 0.05) is 0 Å². The third-order valence-electron chi connectivity index (χ3n) is 3.90. The zero-order chi connectivity index (χ0) is 14.2. The fourth-order valence-electron chi connectivity index (χ4n) is 2.58. The molecule has 0 aliphatic carbocycles. The molecule has 0 saturated heterocycles. The molecule has 0 atom stereocenters. The summed E-state index contributed by atoms with van der Waals surface area (Å²) in [6.07, 6.45) is 0. The van der Waals surface area contributed by atoms with E-state index in [1.54, 1.807) is 17.7 Å². The number of nitrogens with zero attached hydrogens (tertiary/aromatic N) is 1. The van der Waals surface area contributed by atoms with Crippen LogP contribution in [0.15, 0.2) is 48.5 Å². The summed E-state index contributed by atoms with van der Waals surface area (Å²) in [5.74, 6) is 0. The van der Waals surface area contributed by atoms with E-state index in [1.807, 2.05) is 0 Å². The van der Waals surface area contributed by atoms with E-state index in [0.717, 1.165) is 13.1 Å². The molecule has 0 fully saturated rings. The first-order valence-electron chi connectivity index (χ1n) is 7.17. The molecule has 3 rings (SSSR count). The van der Waals surface area contributed by atoms with E-state index in [1.165, 1.54) is 0 Å². The molecular weight excluding hydrogens is 439 g/mol. The predicted molar refractivity (Wildman–Crippen MR) is 86.9 cm³/mol. The van der Waals surface area contributed by atoms with Gasteiger partial charge in [0.05, 0.1) is 0 Å². The van der Waals surface area contributed by atoms with Crippen molar-refractivity contribution >= 4 is 29.8 Å². The van der Waals surface area contributed by atoms with Crippen LogP contribution in [0.25, 0.3) is 0 Å². The quantitative estimate of drug-likeness (QED) is 0.547. The van der Waals surface area contributed by atoms with Crippen molar-refractivity contribution in [2.75, 3.05) is 0 Å². The number of fused-ring (bicyclic) bond motifs is 2. The normalized spacial score (nSPS) is 15.9. The van der Waals surface area contributed by atoms with Gasteiger partial charge >= 0.3 is 134 Å². The Balaban J connectivity index is 2.10. The molecule has 2 aromatic rings. The monoisotopic (exact) mass is 460 g/mol. The molecule has 1 aliphatic heterocycles. The van der Waals surface area contributed by atoms with Crippen molar-refractivity contribution in [1.29, 1.82) is 0 Å². The molecule has 0 N–H and O–H groups in total. The first kappa shape index (κ1) is 14.2. The zero-order valence-corrected chi connectivity index (χ0v) is 15.9. The van der Waals surface area contributed by atoms with E-state index in [-0.39, 0.29) is 5.54 Å². The summed E-state index contributed by atoms with van der Waals surface area (Å²) in [6, 6.07) is 18.1. The number of benzene rings is 2. The van der Waals surface area contributed by atoms with Crippen LogP contribution >= 0.6 is 0 Å². The Morgan fingerprint density at radius 1 is 0.800 bits per heavy atom. The molecule has 1 nitrogen and oxygen atoms in total. The van der Waals surface area contributed by atoms with Gasteiger partial charge in [0.15, 0.2) is 0 Å². The minimum atomic E-state index is -0.766. The van der Waals surface area contributed by atoms with E-state index in [0.29, 0.717) is 0 Å². The van der Waals surface area contributed by atoms with Gasteiger partial charge in [-0.3, -0.25) is 0 Å². The van der Waals surface area contributed by atoms with Gasteiger partial charge in [-0.05, 0) is 0 Å². The summed E-state index contributed by atoms with van der Waals surface area (Å²) in [5.41, 5.74) is 3.30. The van der Waals surface area contributed by atoms with Crippen LogP contribution in [-0.4, -0.2) is 33.7 Å². The molecule has 0 spiro atoms. The minimum absolute atomic E-state index is 0.198. The van der Waals surface area contributed by atoms with E-state index >= 15 is 0 Å². The van der Waals surface area contributed by atoms with Gasteiger partial charge in [-0.2, -0.15) is 0 Å². The standard InChI is InChI=1S/C18H21N.Bi/c1-18(2,3)19(14-16-10-6-4-7-11-16)15-17-12-8-5-9-13-17;/h4-10,12H,14-15H2,1-3H3;. The number of rotatable bonds is 0. The van der Waals surface area contributed by atoms with Gasteiger partial charge in [-0.1, -0.05) is 0 Å². The van der Waals surface area contributed by atoms with E-state index < -0.39 is 23.2 Å². The van der Waals surface area contributed by atoms with Crippen LogP contribution in [0.4, 0.5) is 0 Å². The summed E-state index contributed by atoms with van der Waals surface area (Å²) >= 11 is -0.766. The van der Waals surface area contributed by atoms with Crippen molar-refractivity contribution in [1.82, 2.24) is 4.90 Å². The Morgan fingerprint density at radius 3 is 1.70 bits per heavy atom. The van der Waals surface area contributed by atoms with Crippen LogP contribution in [0.5, 0.6) is 0 Å². The van der Waals surface area contributed by atoms with Crippen LogP contribution in [0.2, 0.25) is 0 Å². The number of hydrogen-bond acceptors (Lipinski definition) is 1. The summed E-state index contributed by atoms with van der Waals surface area (Å²) in [4.78, 5) is 2.60. The Hall–Kier alpha value is -0.717. The van der Waals surface area contributed by atoms with Gasteiger partial charge in [0.2, 0.25) is 0 Å². The van der Waals surface area contributed by atoms with Crippen molar-refractivity contribution < 1.29 is 0 Å². The van der Waals surface area contributed by atoms with Crippen LogP contribution < -0.4 is 6.54 Å². The van der Waals surface area contributed by atoms with Gasteiger partial charge in [0.25, 0.3) is 0 Å². The second-order valence-electron chi connectivity index (χ2n) is 6.40. The first-order chi connectivity index (χ1) is 9.54. The predicted octanol–water partition coefficient (Wildman–Crippen LogP) is 2.46. The van der Waals surface area contributed by atoms with Gasteiger partial charge in [-0.25, -0.2) is 0 Å². The maximum atomic E-state index is 2.60. The van der Waals surface area contributed by atoms with Gasteiger partial charge < -0.3 is 0 Å². The molecule has 0 unspecified atom stereocenters. The second kappa shape index (κ2) is 5.58. The molecule has 0 saturated carbocycles. The molecule has 2 aromatic carbocycles. The van der Waals surface area contributed by atoms with Crippen molar-refractivity contribution in [2.24, 2.45) is 0 Å². The van der Waals surface area contributed by atoms with Crippen molar-refractivity contribution in [3.63, 3.8) is 0 Å². The fraction of sp³-hybridized carbons (Fsp3) is 0.333. The first-order valence-corrected chi connectivity index (χ1v) is 10.6. The van der Waals surface area contributed by atoms with Crippen LogP contribution in [0, 0.1) is 0 Å². The topological polar surface area (TPSA) is 3.24 Å². The Labute approximate surface area is 133 Å². The molecule has 0 amide bonds. The molecule has 1 radical (unpaired) electrons. The van der Waals surface area contributed by atoms with Crippen molar-refractivity contribution in [3.05, 3.63) is 59.7 Å². The van der Waals surface area contributed by atoms with Gasteiger partial charge in [-0.15, -0.1) is 0 Å². The number of hydrogen-bond donors (Lipinski definition) is 0. The average molecular weight is 460 g/mol. The zero-order valence-electron chi connectivity index (χ0n) is 12.4. The molecule has 0 aromatic heterocycles. The van der Waals surface area contributed by atoms with E-state index in [2.05, 4.69) is 74.2 Å². The molecule has 2 heteroatoms. The van der Waals surface area contributed by atoms with Crippen LogP contribution in [0.3, 0.4) is 0 Å². The fourth-order valence-corrected chi connectivity index (χ4v) is 7.08. The third-order valence-corrected chi connectivity index (χ3v) is 9.16. The second-order valence-corrected chi connectivity index (χ2v) is 11.0. The molecular formula is C18H21BiN. The van der Waals surface area contributed by atoms with E-state index in [4.69, 9.17) is 0 Å². The Kier molecular flexibility index (Phi) is 3.97.